The summed E-state index contributed by atoms with van der Waals surface area (Å²) in [5.74, 6) is 2.69. The van der Waals surface area contributed by atoms with Crippen molar-refractivity contribution in [3.8, 4) is 0 Å². The third kappa shape index (κ3) is 2.19. The number of nitrogens with zero attached hydrogens (tertiary/aromatic N) is 5. The second-order valence-electron chi connectivity index (χ2n) is 5.19. The van der Waals surface area contributed by atoms with Crippen molar-refractivity contribution in [2.75, 3.05) is 26.2 Å². The summed E-state index contributed by atoms with van der Waals surface area (Å²) in [4.78, 5) is 2.49. The molecule has 6 nitrogen and oxygen atoms in total. The molecule has 0 amide bonds. The molecule has 6 heteroatoms. The van der Waals surface area contributed by atoms with E-state index in [-0.39, 0.29) is 0 Å². The molecular formula is C11H20N6. The smallest absolute Gasteiger partial charge is 0.165 e. The fraction of sp³-hybridized carbons (Fsp3) is 0.909. The highest BCUT2D eigenvalue weighted by atomic mass is 15.5. The molecule has 3 heterocycles. The molecule has 2 fully saturated rings. The van der Waals surface area contributed by atoms with Crippen molar-refractivity contribution in [2.45, 2.75) is 26.4 Å². The molecule has 2 saturated heterocycles. The van der Waals surface area contributed by atoms with Crippen LogP contribution in [0.5, 0.6) is 0 Å². The van der Waals surface area contributed by atoms with Crippen LogP contribution in [-0.2, 0) is 13.1 Å². The van der Waals surface area contributed by atoms with E-state index in [0.29, 0.717) is 0 Å². The van der Waals surface area contributed by atoms with Crippen LogP contribution in [0, 0.1) is 11.8 Å². The minimum absolute atomic E-state index is 0.838. The van der Waals surface area contributed by atoms with Crippen molar-refractivity contribution in [1.29, 1.82) is 0 Å². The Bertz CT molecular complexity index is 364. The van der Waals surface area contributed by atoms with Gasteiger partial charge in [0.25, 0.3) is 0 Å². The zero-order valence-corrected chi connectivity index (χ0v) is 10.3. The fourth-order valence-corrected chi connectivity index (χ4v) is 3.00. The lowest BCUT2D eigenvalue weighted by Crippen LogP contribution is -2.27. The molecule has 2 atom stereocenters. The van der Waals surface area contributed by atoms with Gasteiger partial charge in [0.1, 0.15) is 0 Å². The maximum Gasteiger partial charge on any atom is 0.165 e. The van der Waals surface area contributed by atoms with E-state index >= 15 is 0 Å². The molecule has 0 aliphatic carbocycles. The molecule has 1 aromatic heterocycles. The molecule has 0 bridgehead atoms. The molecule has 17 heavy (non-hydrogen) atoms. The van der Waals surface area contributed by atoms with Crippen molar-refractivity contribution >= 4 is 0 Å². The van der Waals surface area contributed by atoms with E-state index in [9.17, 15) is 0 Å². The first-order valence-electron chi connectivity index (χ1n) is 6.55. The van der Waals surface area contributed by atoms with E-state index in [2.05, 4.69) is 32.7 Å². The van der Waals surface area contributed by atoms with Gasteiger partial charge < -0.3 is 5.32 Å². The predicted molar refractivity (Wildman–Crippen MR) is 63.2 cm³/mol. The number of tetrazole rings is 1. The SMILES string of the molecule is CCCn1nnnc1CN1C[C@H]2CNC[C@H]2C1. The van der Waals surface area contributed by atoms with Gasteiger partial charge in [0.05, 0.1) is 6.54 Å². The summed E-state index contributed by atoms with van der Waals surface area (Å²) in [6.45, 7) is 8.72. The van der Waals surface area contributed by atoms with Crippen LogP contribution in [0.15, 0.2) is 0 Å². The Morgan fingerprint density at radius 1 is 1.29 bits per heavy atom. The van der Waals surface area contributed by atoms with E-state index in [0.717, 1.165) is 37.2 Å². The Kier molecular flexibility index (Phi) is 3.07. The maximum absolute atomic E-state index is 4.14. The Morgan fingerprint density at radius 2 is 2.06 bits per heavy atom. The third-order valence-corrected chi connectivity index (χ3v) is 3.87. The number of aromatic nitrogens is 4. The van der Waals surface area contributed by atoms with Crippen molar-refractivity contribution in [3.63, 3.8) is 0 Å². The molecule has 0 unspecified atom stereocenters. The lowest BCUT2D eigenvalue weighted by Gasteiger charge is -2.15. The molecule has 2 aliphatic rings. The number of likely N-dealkylation sites (tertiary alicyclic amines) is 1. The van der Waals surface area contributed by atoms with Gasteiger partial charge >= 0.3 is 0 Å². The molecule has 94 valence electrons. The summed E-state index contributed by atoms with van der Waals surface area (Å²) in [7, 11) is 0. The van der Waals surface area contributed by atoms with Gasteiger partial charge in [-0.2, -0.15) is 0 Å². The topological polar surface area (TPSA) is 58.9 Å². The normalized spacial score (nSPS) is 28.8. The summed E-state index contributed by atoms with van der Waals surface area (Å²) in [5.41, 5.74) is 0. The zero-order valence-electron chi connectivity index (χ0n) is 10.3. The van der Waals surface area contributed by atoms with Crippen molar-refractivity contribution in [3.05, 3.63) is 5.82 Å². The van der Waals surface area contributed by atoms with Gasteiger partial charge in [-0.05, 0) is 41.8 Å². The van der Waals surface area contributed by atoms with Gasteiger partial charge in [-0.15, -0.1) is 5.10 Å². The predicted octanol–water partition coefficient (Wildman–Crippen LogP) is -0.266. The summed E-state index contributed by atoms with van der Waals surface area (Å²) >= 11 is 0. The molecule has 2 aliphatic heterocycles. The number of aryl methyl sites for hydroxylation is 1. The number of fused-ring (bicyclic) bond motifs is 1. The van der Waals surface area contributed by atoms with Crippen molar-refractivity contribution in [2.24, 2.45) is 11.8 Å². The van der Waals surface area contributed by atoms with E-state index < -0.39 is 0 Å². The Hall–Kier alpha value is -1.01. The largest absolute Gasteiger partial charge is 0.316 e. The van der Waals surface area contributed by atoms with Gasteiger partial charge in [0, 0.05) is 19.6 Å². The molecule has 3 rings (SSSR count). The molecule has 1 aromatic rings. The van der Waals surface area contributed by atoms with Gasteiger partial charge in [0.15, 0.2) is 5.82 Å². The quantitative estimate of drug-likeness (QED) is 0.780. The van der Waals surface area contributed by atoms with Crippen LogP contribution in [-0.4, -0.2) is 51.3 Å². The van der Waals surface area contributed by atoms with Crippen LogP contribution >= 0.6 is 0 Å². The van der Waals surface area contributed by atoms with Crippen LogP contribution in [0.2, 0.25) is 0 Å². The maximum atomic E-state index is 4.14. The third-order valence-electron chi connectivity index (χ3n) is 3.87. The van der Waals surface area contributed by atoms with E-state index in [4.69, 9.17) is 0 Å². The Morgan fingerprint density at radius 3 is 2.76 bits per heavy atom. The highest BCUT2D eigenvalue weighted by Crippen LogP contribution is 2.26. The lowest BCUT2D eigenvalue weighted by atomic mass is 10.0. The summed E-state index contributed by atoms with van der Waals surface area (Å²) in [6.07, 6.45) is 1.08. The highest BCUT2D eigenvalue weighted by molar-refractivity contribution is 4.93. The van der Waals surface area contributed by atoms with Crippen molar-refractivity contribution in [1.82, 2.24) is 30.4 Å². The first-order valence-corrected chi connectivity index (χ1v) is 6.55. The van der Waals surface area contributed by atoms with E-state index in [1.807, 2.05) is 4.68 Å². The van der Waals surface area contributed by atoms with E-state index in [1.54, 1.807) is 0 Å². The first-order chi connectivity index (χ1) is 8.36. The second kappa shape index (κ2) is 4.70. The van der Waals surface area contributed by atoms with Crippen LogP contribution in [0.3, 0.4) is 0 Å². The van der Waals surface area contributed by atoms with Gasteiger partial charge in [-0.1, -0.05) is 6.92 Å². The first kappa shape index (κ1) is 11.1. The molecule has 0 saturated carbocycles. The van der Waals surface area contributed by atoms with Crippen molar-refractivity contribution < 1.29 is 0 Å². The van der Waals surface area contributed by atoms with Gasteiger partial charge in [-0.3, -0.25) is 4.90 Å². The standard InChI is InChI=1S/C11H20N6/c1-2-3-17-11(13-14-15-17)8-16-6-9-4-12-5-10(9)7-16/h9-10,12H,2-8H2,1H3/t9-,10+. The highest BCUT2D eigenvalue weighted by Gasteiger charge is 2.36. The minimum atomic E-state index is 0.838. The van der Waals surface area contributed by atoms with Crippen LogP contribution < -0.4 is 5.32 Å². The summed E-state index contributed by atoms with van der Waals surface area (Å²) < 4.78 is 1.94. The fourth-order valence-electron chi connectivity index (χ4n) is 3.00. The second-order valence-corrected chi connectivity index (χ2v) is 5.19. The van der Waals surface area contributed by atoms with Gasteiger partial charge in [-0.25, -0.2) is 4.68 Å². The minimum Gasteiger partial charge on any atom is -0.316 e. The molecule has 0 spiro atoms. The Labute approximate surface area is 101 Å². The van der Waals surface area contributed by atoms with Crippen LogP contribution in [0.1, 0.15) is 19.2 Å². The van der Waals surface area contributed by atoms with Crippen LogP contribution in [0.25, 0.3) is 0 Å². The monoisotopic (exact) mass is 236 g/mol. The number of hydrogen-bond acceptors (Lipinski definition) is 5. The average molecular weight is 236 g/mol. The van der Waals surface area contributed by atoms with E-state index in [1.165, 1.54) is 26.2 Å². The summed E-state index contributed by atoms with van der Waals surface area (Å²) in [6, 6.07) is 0. The molecule has 0 aromatic carbocycles. The van der Waals surface area contributed by atoms with Crippen LogP contribution in [0.4, 0.5) is 0 Å². The Balaban J connectivity index is 1.61. The average Bonchev–Trinajstić information content (AvgIpc) is 2.95. The molecular weight excluding hydrogens is 216 g/mol. The molecule has 0 radical (unpaired) electrons. The summed E-state index contributed by atoms with van der Waals surface area (Å²) in [5, 5.41) is 15.4. The zero-order chi connectivity index (χ0) is 11.7. The number of nitrogens with one attached hydrogen (secondary N) is 1. The number of rotatable bonds is 4. The molecule has 1 N–H and O–H groups in total. The number of hydrogen-bond donors (Lipinski definition) is 1. The van der Waals surface area contributed by atoms with Gasteiger partial charge in [0.2, 0.25) is 0 Å². The lowest BCUT2D eigenvalue weighted by molar-refractivity contribution is 0.290.